The summed E-state index contributed by atoms with van der Waals surface area (Å²) in [4.78, 5) is 24.0. The van der Waals surface area contributed by atoms with Gasteiger partial charge in [0.25, 0.3) is 0 Å². The first kappa shape index (κ1) is 20.7. The number of aromatic nitrogens is 4. The smallest absolute Gasteiger partial charge is 0.223 e. The maximum absolute atomic E-state index is 5.49. The SMILES string of the molecule is Cc1nc(CN2CCN(c3nc(CN4CCOCC4)nc4sc(C)c(C)c34)CC2)no1. The molecule has 0 spiro atoms. The highest BCUT2D eigenvalue weighted by Gasteiger charge is 2.25. The zero-order valence-electron chi connectivity index (χ0n) is 18.4. The third-order valence-electron chi connectivity index (χ3n) is 6.13. The number of hydrogen-bond acceptors (Lipinski definition) is 10. The number of hydrogen-bond donors (Lipinski definition) is 0. The third kappa shape index (κ3) is 4.43. The molecule has 0 aliphatic carbocycles. The van der Waals surface area contributed by atoms with E-state index in [1.807, 2.05) is 6.92 Å². The number of anilines is 1. The Morgan fingerprint density at radius 3 is 2.26 bits per heavy atom. The second-order valence-corrected chi connectivity index (χ2v) is 9.51. The number of piperazine rings is 1. The first-order valence-corrected chi connectivity index (χ1v) is 11.7. The summed E-state index contributed by atoms with van der Waals surface area (Å²) >= 11 is 1.78. The molecule has 0 unspecified atom stereocenters. The molecular weight excluding hydrogens is 414 g/mol. The van der Waals surface area contributed by atoms with Gasteiger partial charge in [-0.1, -0.05) is 5.16 Å². The van der Waals surface area contributed by atoms with Gasteiger partial charge in [-0.25, -0.2) is 9.97 Å². The van der Waals surface area contributed by atoms with Crippen LogP contribution >= 0.6 is 11.3 Å². The van der Waals surface area contributed by atoms with Gasteiger partial charge in [0.2, 0.25) is 5.89 Å². The molecule has 0 saturated carbocycles. The van der Waals surface area contributed by atoms with Crippen molar-refractivity contribution in [1.82, 2.24) is 29.9 Å². The van der Waals surface area contributed by atoms with E-state index in [1.165, 1.54) is 15.8 Å². The summed E-state index contributed by atoms with van der Waals surface area (Å²) in [6, 6.07) is 0. The highest BCUT2D eigenvalue weighted by molar-refractivity contribution is 7.18. The van der Waals surface area contributed by atoms with E-state index in [0.29, 0.717) is 5.89 Å². The molecule has 3 aromatic heterocycles. The van der Waals surface area contributed by atoms with Crippen molar-refractivity contribution < 1.29 is 9.26 Å². The van der Waals surface area contributed by atoms with E-state index in [0.717, 1.165) is 87.9 Å². The molecule has 0 aromatic carbocycles. The maximum Gasteiger partial charge on any atom is 0.223 e. The standard InChI is InChI=1S/C21H29N7O2S/c1-14-15(2)31-21-19(14)20(23-17(24-21)12-27-8-10-29-11-9-27)28-6-4-26(5-7-28)13-18-22-16(3)30-25-18/h4-13H2,1-3H3. The van der Waals surface area contributed by atoms with E-state index in [-0.39, 0.29) is 0 Å². The van der Waals surface area contributed by atoms with E-state index in [9.17, 15) is 0 Å². The van der Waals surface area contributed by atoms with E-state index in [4.69, 9.17) is 19.2 Å². The van der Waals surface area contributed by atoms with Crippen molar-refractivity contribution in [2.24, 2.45) is 0 Å². The lowest BCUT2D eigenvalue weighted by molar-refractivity contribution is 0.0331. The van der Waals surface area contributed by atoms with Crippen molar-refractivity contribution in [3.8, 4) is 0 Å². The van der Waals surface area contributed by atoms with Crippen LogP contribution in [0, 0.1) is 20.8 Å². The number of thiophene rings is 1. The van der Waals surface area contributed by atoms with E-state index < -0.39 is 0 Å². The molecule has 2 aliphatic heterocycles. The fraction of sp³-hybridized carbons (Fsp3) is 0.619. The Balaban J connectivity index is 1.36. The summed E-state index contributed by atoms with van der Waals surface area (Å²) in [6.07, 6.45) is 0. The van der Waals surface area contributed by atoms with Crippen LogP contribution in [0.5, 0.6) is 0 Å². The number of ether oxygens (including phenoxy) is 1. The second-order valence-electron chi connectivity index (χ2n) is 8.31. The van der Waals surface area contributed by atoms with Crippen molar-refractivity contribution >= 4 is 27.4 Å². The monoisotopic (exact) mass is 443 g/mol. The van der Waals surface area contributed by atoms with Gasteiger partial charge in [0, 0.05) is 51.1 Å². The summed E-state index contributed by atoms with van der Waals surface area (Å²) in [5, 5.41) is 5.25. The number of nitrogens with zero attached hydrogens (tertiary/aromatic N) is 7. The summed E-state index contributed by atoms with van der Waals surface area (Å²) in [7, 11) is 0. The lowest BCUT2D eigenvalue weighted by atomic mass is 10.2. The molecular formula is C21H29N7O2S. The van der Waals surface area contributed by atoms with Gasteiger partial charge >= 0.3 is 0 Å². The molecule has 2 fully saturated rings. The van der Waals surface area contributed by atoms with Crippen molar-refractivity contribution in [3.63, 3.8) is 0 Å². The average molecular weight is 444 g/mol. The molecule has 0 N–H and O–H groups in total. The largest absolute Gasteiger partial charge is 0.379 e. The molecule has 166 valence electrons. The van der Waals surface area contributed by atoms with Crippen LogP contribution in [0.4, 0.5) is 5.82 Å². The predicted molar refractivity (Wildman–Crippen MR) is 120 cm³/mol. The van der Waals surface area contributed by atoms with Gasteiger partial charge in [0.05, 0.1) is 31.7 Å². The second kappa shape index (κ2) is 8.78. The van der Waals surface area contributed by atoms with Gasteiger partial charge in [0.15, 0.2) is 5.82 Å². The zero-order valence-corrected chi connectivity index (χ0v) is 19.2. The Kier molecular flexibility index (Phi) is 5.87. The van der Waals surface area contributed by atoms with Crippen LogP contribution in [-0.2, 0) is 17.8 Å². The minimum absolute atomic E-state index is 0.619. The molecule has 9 nitrogen and oxygen atoms in total. The van der Waals surface area contributed by atoms with Crippen molar-refractivity contribution in [2.75, 3.05) is 57.4 Å². The van der Waals surface area contributed by atoms with Gasteiger partial charge in [-0.3, -0.25) is 9.80 Å². The van der Waals surface area contributed by atoms with Crippen LogP contribution in [0.1, 0.15) is 28.0 Å². The zero-order chi connectivity index (χ0) is 21.4. The number of rotatable bonds is 5. The summed E-state index contributed by atoms with van der Waals surface area (Å²) in [5.41, 5.74) is 1.30. The van der Waals surface area contributed by atoms with Gasteiger partial charge in [-0.05, 0) is 19.4 Å². The normalized spacial score (nSPS) is 18.9. The van der Waals surface area contributed by atoms with Crippen LogP contribution in [0.25, 0.3) is 10.2 Å². The van der Waals surface area contributed by atoms with Crippen LogP contribution in [-0.4, -0.2) is 82.4 Å². The number of aryl methyl sites for hydroxylation is 3. The molecule has 3 aromatic rings. The molecule has 5 heterocycles. The number of morpholine rings is 1. The first-order chi connectivity index (χ1) is 15.1. The molecule has 0 radical (unpaired) electrons. The quantitative estimate of drug-likeness (QED) is 0.589. The predicted octanol–water partition coefficient (Wildman–Crippen LogP) is 2.15. The van der Waals surface area contributed by atoms with Crippen LogP contribution in [0.2, 0.25) is 0 Å². The van der Waals surface area contributed by atoms with E-state index >= 15 is 0 Å². The Bertz CT molecular complexity index is 1050. The molecule has 2 aliphatic rings. The highest BCUT2D eigenvalue weighted by Crippen LogP contribution is 2.35. The summed E-state index contributed by atoms with van der Waals surface area (Å²) < 4.78 is 10.6. The van der Waals surface area contributed by atoms with Crippen molar-refractivity contribution in [1.29, 1.82) is 0 Å². The third-order valence-corrected chi connectivity index (χ3v) is 7.23. The summed E-state index contributed by atoms with van der Waals surface area (Å²) in [5.74, 6) is 3.38. The lowest BCUT2D eigenvalue weighted by Crippen LogP contribution is -2.46. The molecule has 10 heteroatoms. The van der Waals surface area contributed by atoms with Gasteiger partial charge in [0.1, 0.15) is 16.5 Å². The van der Waals surface area contributed by atoms with Crippen molar-refractivity contribution in [3.05, 3.63) is 28.0 Å². The highest BCUT2D eigenvalue weighted by atomic mass is 32.1. The fourth-order valence-electron chi connectivity index (χ4n) is 4.25. The average Bonchev–Trinajstić information content (AvgIpc) is 3.31. The van der Waals surface area contributed by atoms with Crippen molar-refractivity contribution in [2.45, 2.75) is 33.9 Å². The minimum Gasteiger partial charge on any atom is -0.379 e. The van der Waals surface area contributed by atoms with Crippen LogP contribution in [0.15, 0.2) is 4.52 Å². The maximum atomic E-state index is 5.49. The molecule has 2 saturated heterocycles. The van der Waals surface area contributed by atoms with Gasteiger partial charge in [-0.15, -0.1) is 11.3 Å². The Labute approximate surface area is 186 Å². The Hall–Kier alpha value is -2.14. The molecule has 5 rings (SSSR count). The Morgan fingerprint density at radius 2 is 1.55 bits per heavy atom. The minimum atomic E-state index is 0.619. The van der Waals surface area contributed by atoms with E-state index in [2.05, 4.69) is 38.7 Å². The Morgan fingerprint density at radius 1 is 0.839 bits per heavy atom. The van der Waals surface area contributed by atoms with Gasteiger partial charge in [-0.2, -0.15) is 4.98 Å². The molecule has 0 amide bonds. The lowest BCUT2D eigenvalue weighted by Gasteiger charge is -2.35. The first-order valence-electron chi connectivity index (χ1n) is 10.9. The van der Waals surface area contributed by atoms with Gasteiger partial charge < -0.3 is 14.2 Å². The van der Waals surface area contributed by atoms with E-state index in [1.54, 1.807) is 11.3 Å². The topological polar surface area (TPSA) is 83.7 Å². The number of fused-ring (bicyclic) bond motifs is 1. The summed E-state index contributed by atoms with van der Waals surface area (Å²) in [6.45, 7) is 14.9. The molecule has 0 atom stereocenters. The molecule has 31 heavy (non-hydrogen) atoms. The fourth-order valence-corrected chi connectivity index (χ4v) is 5.30. The van der Waals surface area contributed by atoms with Crippen LogP contribution < -0.4 is 4.90 Å². The van der Waals surface area contributed by atoms with Crippen LogP contribution in [0.3, 0.4) is 0 Å². The molecule has 0 bridgehead atoms.